The Balaban J connectivity index is 1.32. The summed E-state index contributed by atoms with van der Waals surface area (Å²) >= 11 is 0. The number of rotatable bonds is 5. The number of hydrogen-bond donors (Lipinski definition) is 2. The van der Waals surface area contributed by atoms with Gasteiger partial charge in [-0.1, -0.05) is 0 Å². The van der Waals surface area contributed by atoms with Crippen LogP contribution in [0.1, 0.15) is 34.0 Å². The van der Waals surface area contributed by atoms with Crippen LogP contribution in [0.4, 0.5) is 4.39 Å². The molecule has 3 aromatic rings. The van der Waals surface area contributed by atoms with Gasteiger partial charge in [-0.3, -0.25) is 9.89 Å². The predicted octanol–water partition coefficient (Wildman–Crippen LogP) is 3.01. The molecule has 0 radical (unpaired) electrons. The third kappa shape index (κ3) is 3.61. The van der Waals surface area contributed by atoms with E-state index < -0.39 is 0 Å². The van der Waals surface area contributed by atoms with Crippen LogP contribution in [-0.2, 0) is 19.4 Å². The number of fused-ring (bicyclic) bond motifs is 1. The van der Waals surface area contributed by atoms with E-state index in [9.17, 15) is 9.18 Å². The van der Waals surface area contributed by atoms with Crippen LogP contribution >= 0.6 is 0 Å². The van der Waals surface area contributed by atoms with Crippen LogP contribution in [-0.4, -0.2) is 22.1 Å². The van der Waals surface area contributed by atoms with Gasteiger partial charge in [-0.2, -0.15) is 5.10 Å². The van der Waals surface area contributed by atoms with Gasteiger partial charge in [-0.25, -0.2) is 4.39 Å². The second kappa shape index (κ2) is 7.03. The second-order valence-electron chi connectivity index (χ2n) is 6.30. The number of carbonyl (C=O) groups is 1. The number of carbonyl (C=O) groups excluding carboxylic acids is 1. The minimum absolute atomic E-state index is 0.0663. The highest BCUT2D eigenvalue weighted by atomic mass is 19.1. The minimum Gasteiger partial charge on any atom is -0.486 e. The van der Waals surface area contributed by atoms with Crippen molar-refractivity contribution in [3.05, 3.63) is 71.2 Å². The average Bonchev–Trinajstić information content (AvgIpc) is 3.30. The summed E-state index contributed by atoms with van der Waals surface area (Å²) in [6.07, 6.45) is 4.31. The number of benzene rings is 1. The summed E-state index contributed by atoms with van der Waals surface area (Å²) in [5, 5.41) is 10.0. The van der Waals surface area contributed by atoms with Crippen LogP contribution in [0.25, 0.3) is 0 Å². The number of nitrogens with one attached hydrogen (secondary N) is 2. The summed E-state index contributed by atoms with van der Waals surface area (Å²) in [5.74, 6) is 0.752. The van der Waals surface area contributed by atoms with Crippen LogP contribution < -0.4 is 10.1 Å². The Labute approximate surface area is 149 Å². The molecule has 2 heterocycles. The molecule has 0 bridgehead atoms. The fourth-order valence-electron chi connectivity index (χ4n) is 3.06. The normalized spacial score (nSPS) is 16.1. The zero-order chi connectivity index (χ0) is 17.9. The lowest BCUT2D eigenvalue weighted by Gasteiger charge is -2.22. The van der Waals surface area contributed by atoms with Crippen LogP contribution in [0, 0.1) is 5.82 Å². The molecule has 0 saturated carbocycles. The summed E-state index contributed by atoms with van der Waals surface area (Å²) < 4.78 is 23.9. The highest BCUT2D eigenvalue weighted by molar-refractivity contribution is 5.91. The van der Waals surface area contributed by atoms with Gasteiger partial charge in [0.1, 0.15) is 23.9 Å². The van der Waals surface area contributed by atoms with Crippen molar-refractivity contribution in [2.24, 2.45) is 0 Å². The zero-order valence-electron chi connectivity index (χ0n) is 14.0. The van der Waals surface area contributed by atoms with Crippen molar-refractivity contribution in [1.29, 1.82) is 0 Å². The molecule has 4 rings (SSSR count). The van der Waals surface area contributed by atoms with E-state index in [4.69, 9.17) is 9.15 Å². The van der Waals surface area contributed by atoms with Gasteiger partial charge in [-0.15, -0.1) is 0 Å². The van der Waals surface area contributed by atoms with E-state index in [1.165, 1.54) is 12.1 Å². The smallest absolute Gasteiger partial charge is 0.287 e. The molecule has 134 valence electrons. The second-order valence-corrected chi connectivity index (χ2v) is 6.30. The van der Waals surface area contributed by atoms with Crippen molar-refractivity contribution in [1.82, 2.24) is 15.5 Å². The van der Waals surface area contributed by atoms with Gasteiger partial charge in [0.15, 0.2) is 5.76 Å². The van der Waals surface area contributed by atoms with Crippen molar-refractivity contribution < 1.29 is 18.3 Å². The Morgan fingerprint density at radius 1 is 1.31 bits per heavy atom. The summed E-state index contributed by atoms with van der Waals surface area (Å²) in [6, 6.07) is 9.13. The third-order valence-corrected chi connectivity index (χ3v) is 4.43. The largest absolute Gasteiger partial charge is 0.486 e. The molecule has 1 aliphatic rings. The first-order valence-electron chi connectivity index (χ1n) is 8.46. The molecular formula is C19H18FN3O3. The van der Waals surface area contributed by atoms with Gasteiger partial charge in [0.25, 0.3) is 5.91 Å². The first kappa shape index (κ1) is 16.4. The Bertz CT molecular complexity index is 901. The molecule has 0 saturated heterocycles. The third-order valence-electron chi connectivity index (χ3n) is 4.43. The van der Waals surface area contributed by atoms with E-state index in [-0.39, 0.29) is 30.1 Å². The Kier molecular flexibility index (Phi) is 4.43. The number of amides is 1. The van der Waals surface area contributed by atoms with Gasteiger partial charge in [0, 0.05) is 11.7 Å². The zero-order valence-corrected chi connectivity index (χ0v) is 14.0. The molecule has 1 aromatic carbocycles. The summed E-state index contributed by atoms with van der Waals surface area (Å²) in [4.78, 5) is 12.4. The maximum absolute atomic E-state index is 12.9. The van der Waals surface area contributed by atoms with Crippen molar-refractivity contribution >= 4 is 5.91 Å². The molecule has 2 aromatic heterocycles. The monoisotopic (exact) mass is 355 g/mol. The fourth-order valence-corrected chi connectivity index (χ4v) is 3.06. The summed E-state index contributed by atoms with van der Waals surface area (Å²) in [7, 11) is 0. The minimum atomic E-state index is -0.320. The van der Waals surface area contributed by atoms with Gasteiger partial charge in [0.05, 0.1) is 6.20 Å². The number of hydrogen-bond acceptors (Lipinski definition) is 4. The average molecular weight is 355 g/mol. The molecule has 0 spiro atoms. The molecule has 2 N–H and O–H groups in total. The summed E-state index contributed by atoms with van der Waals surface area (Å²) in [6.45, 7) is 0.167. The van der Waals surface area contributed by atoms with Crippen molar-refractivity contribution in [3.63, 3.8) is 0 Å². The number of aromatic nitrogens is 2. The van der Waals surface area contributed by atoms with E-state index in [2.05, 4.69) is 15.5 Å². The fraction of sp³-hybridized carbons (Fsp3) is 0.263. The van der Waals surface area contributed by atoms with Crippen molar-refractivity contribution in [2.75, 3.05) is 0 Å². The molecule has 0 aliphatic heterocycles. The first-order valence-corrected chi connectivity index (χ1v) is 8.46. The number of ether oxygens (including phenoxy) is 1. The number of halogens is 1. The van der Waals surface area contributed by atoms with Crippen LogP contribution in [0.2, 0.25) is 0 Å². The molecule has 1 atom stereocenters. The maximum atomic E-state index is 12.9. The number of aryl methyl sites for hydroxylation is 1. The molecular weight excluding hydrogens is 337 g/mol. The molecule has 0 fully saturated rings. The van der Waals surface area contributed by atoms with E-state index in [0.29, 0.717) is 11.5 Å². The summed E-state index contributed by atoms with van der Waals surface area (Å²) in [5.41, 5.74) is 2.29. The molecule has 26 heavy (non-hydrogen) atoms. The van der Waals surface area contributed by atoms with Gasteiger partial charge >= 0.3 is 0 Å². The quantitative estimate of drug-likeness (QED) is 0.737. The van der Waals surface area contributed by atoms with Crippen LogP contribution in [0.5, 0.6) is 5.75 Å². The standard InChI is InChI=1S/C19H18FN3O3/c20-13-1-4-15(5-2-13)25-11-16-6-8-18(26-16)19(24)22-14-3-7-17-12(9-14)10-21-23-17/h1-2,4-6,8,10,14H,3,7,9,11H2,(H,21,23)(H,22,24). The highest BCUT2D eigenvalue weighted by Gasteiger charge is 2.23. The molecule has 7 heteroatoms. The number of H-pyrrole nitrogens is 1. The predicted molar refractivity (Wildman–Crippen MR) is 91.3 cm³/mol. The number of aromatic amines is 1. The molecule has 6 nitrogen and oxygen atoms in total. The Hall–Kier alpha value is -3.09. The Morgan fingerprint density at radius 3 is 3.00 bits per heavy atom. The lowest BCUT2D eigenvalue weighted by atomic mass is 9.93. The van der Waals surface area contributed by atoms with Gasteiger partial charge in [0.2, 0.25) is 0 Å². The number of nitrogens with zero attached hydrogens (tertiary/aromatic N) is 1. The molecule has 1 aliphatic carbocycles. The van der Waals surface area contributed by atoms with Gasteiger partial charge in [-0.05, 0) is 61.2 Å². The Morgan fingerprint density at radius 2 is 2.15 bits per heavy atom. The maximum Gasteiger partial charge on any atom is 0.287 e. The lowest BCUT2D eigenvalue weighted by molar-refractivity contribution is 0.0901. The lowest BCUT2D eigenvalue weighted by Crippen LogP contribution is -2.38. The molecule has 1 amide bonds. The van der Waals surface area contributed by atoms with Crippen LogP contribution in [0.3, 0.4) is 0 Å². The van der Waals surface area contributed by atoms with Crippen molar-refractivity contribution in [2.45, 2.75) is 31.9 Å². The van der Waals surface area contributed by atoms with Gasteiger partial charge < -0.3 is 14.5 Å². The van der Waals surface area contributed by atoms with E-state index in [1.807, 2.05) is 6.20 Å². The molecule has 1 unspecified atom stereocenters. The van der Waals surface area contributed by atoms with E-state index in [0.717, 1.165) is 30.5 Å². The van der Waals surface area contributed by atoms with Crippen molar-refractivity contribution in [3.8, 4) is 5.75 Å². The van der Waals surface area contributed by atoms with Crippen LogP contribution in [0.15, 0.2) is 47.0 Å². The highest BCUT2D eigenvalue weighted by Crippen LogP contribution is 2.20. The topological polar surface area (TPSA) is 80.2 Å². The van der Waals surface area contributed by atoms with E-state index >= 15 is 0 Å². The first-order chi connectivity index (χ1) is 12.7. The SMILES string of the molecule is O=C(NC1CCc2[nH]ncc2C1)c1ccc(COc2ccc(F)cc2)o1. The van der Waals surface area contributed by atoms with E-state index in [1.54, 1.807) is 24.3 Å². The number of furan rings is 1.